The van der Waals surface area contributed by atoms with Crippen LogP contribution in [0.5, 0.6) is 0 Å². The Bertz CT molecular complexity index is 350. The van der Waals surface area contributed by atoms with Crippen molar-refractivity contribution in [3.05, 3.63) is 35.9 Å². The van der Waals surface area contributed by atoms with Gasteiger partial charge in [0, 0.05) is 6.54 Å². The maximum absolute atomic E-state index is 11.5. The second kappa shape index (κ2) is 3.93. The van der Waals surface area contributed by atoms with E-state index in [-0.39, 0.29) is 18.2 Å². The Hall–Kier alpha value is -1.51. The highest BCUT2D eigenvalue weighted by Gasteiger charge is 2.35. The predicted octanol–water partition coefficient (Wildman–Crippen LogP) is 2.42. The number of cyclic esters (lactones) is 1. The molecule has 1 aromatic carbocycles. The summed E-state index contributed by atoms with van der Waals surface area (Å²) in [6, 6.07) is 10.1. The molecule has 3 heteroatoms. The molecule has 1 heterocycles. The first kappa shape index (κ1) is 10.0. The van der Waals surface area contributed by atoms with E-state index >= 15 is 0 Å². The van der Waals surface area contributed by atoms with Crippen LogP contribution in [0.2, 0.25) is 0 Å². The van der Waals surface area contributed by atoms with Crippen molar-refractivity contribution in [2.45, 2.75) is 32.5 Å². The first-order valence-electron chi connectivity index (χ1n) is 5.19. The van der Waals surface area contributed by atoms with E-state index in [1.165, 1.54) is 0 Å². The summed E-state index contributed by atoms with van der Waals surface area (Å²) in [5.41, 5.74) is 1.13. The second-order valence-corrected chi connectivity index (χ2v) is 3.94. The van der Waals surface area contributed by atoms with E-state index < -0.39 is 0 Å². The number of hydrogen-bond donors (Lipinski definition) is 0. The number of nitrogens with zero attached hydrogens (tertiary/aromatic N) is 1. The van der Waals surface area contributed by atoms with Gasteiger partial charge in [-0.3, -0.25) is 4.90 Å². The number of ether oxygens (including phenoxy) is 1. The molecular formula is C12H15NO2. The van der Waals surface area contributed by atoms with Gasteiger partial charge in [-0.25, -0.2) is 4.79 Å². The molecule has 1 fully saturated rings. The Morgan fingerprint density at radius 1 is 1.27 bits per heavy atom. The number of carbonyl (C=O) groups excluding carboxylic acids is 1. The molecule has 0 N–H and O–H groups in total. The van der Waals surface area contributed by atoms with Crippen molar-refractivity contribution in [3.8, 4) is 0 Å². The number of carbonyl (C=O) groups is 1. The second-order valence-electron chi connectivity index (χ2n) is 3.94. The van der Waals surface area contributed by atoms with Gasteiger partial charge in [-0.2, -0.15) is 0 Å². The normalized spacial score (nSPS) is 25.5. The van der Waals surface area contributed by atoms with Crippen LogP contribution in [0.15, 0.2) is 30.3 Å². The molecule has 1 aliphatic heterocycles. The Morgan fingerprint density at radius 3 is 2.47 bits per heavy atom. The standard InChI is InChI=1S/C12H15NO2/c1-9-10(2)15-12(14)13(9)8-11-6-4-3-5-7-11/h3-7,9-10H,8H2,1-2H3/t9-,10+/m1/s1. The minimum Gasteiger partial charge on any atom is -0.444 e. The molecule has 0 saturated carbocycles. The third-order valence-corrected chi connectivity index (χ3v) is 2.89. The van der Waals surface area contributed by atoms with Crippen LogP contribution in [0, 0.1) is 0 Å². The zero-order valence-electron chi connectivity index (χ0n) is 9.01. The Labute approximate surface area is 89.7 Å². The van der Waals surface area contributed by atoms with E-state index in [1.807, 2.05) is 44.2 Å². The first-order chi connectivity index (χ1) is 7.18. The van der Waals surface area contributed by atoms with Gasteiger partial charge in [0.25, 0.3) is 0 Å². The van der Waals surface area contributed by atoms with Crippen LogP contribution in [-0.4, -0.2) is 23.1 Å². The van der Waals surface area contributed by atoms with Crippen LogP contribution in [0.1, 0.15) is 19.4 Å². The van der Waals surface area contributed by atoms with Gasteiger partial charge in [0.15, 0.2) is 0 Å². The summed E-state index contributed by atoms with van der Waals surface area (Å²) in [5.74, 6) is 0. The zero-order chi connectivity index (χ0) is 10.8. The molecule has 0 aliphatic carbocycles. The van der Waals surface area contributed by atoms with Gasteiger partial charge in [0.1, 0.15) is 6.10 Å². The van der Waals surface area contributed by atoms with Crippen molar-refractivity contribution >= 4 is 6.09 Å². The van der Waals surface area contributed by atoms with Crippen molar-refractivity contribution in [1.82, 2.24) is 4.90 Å². The maximum Gasteiger partial charge on any atom is 0.410 e. The van der Waals surface area contributed by atoms with Crippen molar-refractivity contribution in [2.24, 2.45) is 0 Å². The van der Waals surface area contributed by atoms with Crippen molar-refractivity contribution in [2.75, 3.05) is 0 Å². The van der Waals surface area contributed by atoms with E-state index in [2.05, 4.69) is 0 Å². The van der Waals surface area contributed by atoms with Gasteiger partial charge in [-0.1, -0.05) is 30.3 Å². The van der Waals surface area contributed by atoms with Gasteiger partial charge in [-0.05, 0) is 19.4 Å². The molecule has 1 saturated heterocycles. The van der Waals surface area contributed by atoms with Crippen LogP contribution >= 0.6 is 0 Å². The largest absolute Gasteiger partial charge is 0.444 e. The van der Waals surface area contributed by atoms with Crippen LogP contribution in [0.25, 0.3) is 0 Å². The van der Waals surface area contributed by atoms with Gasteiger partial charge < -0.3 is 4.74 Å². The van der Waals surface area contributed by atoms with Crippen molar-refractivity contribution in [1.29, 1.82) is 0 Å². The lowest BCUT2D eigenvalue weighted by Crippen LogP contribution is -2.32. The van der Waals surface area contributed by atoms with E-state index in [1.54, 1.807) is 4.90 Å². The Kier molecular flexibility index (Phi) is 2.62. The van der Waals surface area contributed by atoms with Crippen LogP contribution in [-0.2, 0) is 11.3 Å². The lowest BCUT2D eigenvalue weighted by Gasteiger charge is -2.19. The number of benzene rings is 1. The number of rotatable bonds is 2. The molecule has 0 bridgehead atoms. The highest BCUT2D eigenvalue weighted by atomic mass is 16.6. The van der Waals surface area contributed by atoms with E-state index in [0.717, 1.165) is 5.56 Å². The summed E-state index contributed by atoms with van der Waals surface area (Å²) in [4.78, 5) is 13.3. The molecule has 0 unspecified atom stereocenters. The van der Waals surface area contributed by atoms with Gasteiger partial charge in [0.05, 0.1) is 6.04 Å². The molecule has 2 rings (SSSR count). The number of hydrogen-bond acceptors (Lipinski definition) is 2. The topological polar surface area (TPSA) is 29.5 Å². The first-order valence-corrected chi connectivity index (χ1v) is 5.19. The zero-order valence-corrected chi connectivity index (χ0v) is 9.01. The molecule has 15 heavy (non-hydrogen) atoms. The minimum atomic E-state index is -0.209. The summed E-state index contributed by atoms with van der Waals surface area (Å²) in [6.45, 7) is 4.57. The molecule has 0 radical (unpaired) electrons. The molecule has 1 amide bonds. The van der Waals surface area contributed by atoms with Crippen molar-refractivity contribution < 1.29 is 9.53 Å². The fourth-order valence-corrected chi connectivity index (χ4v) is 1.73. The van der Waals surface area contributed by atoms with Crippen LogP contribution in [0.3, 0.4) is 0 Å². The Morgan fingerprint density at radius 2 is 1.93 bits per heavy atom. The molecule has 0 spiro atoms. The summed E-state index contributed by atoms with van der Waals surface area (Å²) in [7, 11) is 0. The average Bonchev–Trinajstić information content (AvgIpc) is 2.47. The van der Waals surface area contributed by atoms with Crippen LogP contribution < -0.4 is 0 Å². The van der Waals surface area contributed by atoms with Crippen molar-refractivity contribution in [3.63, 3.8) is 0 Å². The molecular weight excluding hydrogens is 190 g/mol. The summed E-state index contributed by atoms with van der Waals surface area (Å²) < 4.78 is 5.15. The molecule has 1 aliphatic rings. The average molecular weight is 205 g/mol. The van der Waals surface area contributed by atoms with E-state index in [4.69, 9.17) is 4.74 Å². The smallest absolute Gasteiger partial charge is 0.410 e. The highest BCUT2D eigenvalue weighted by molar-refractivity contribution is 5.70. The SMILES string of the molecule is C[C@@H]1OC(=O)N(Cc2ccccc2)[C@@H]1C. The van der Waals surface area contributed by atoms with Gasteiger partial charge >= 0.3 is 6.09 Å². The quantitative estimate of drug-likeness (QED) is 0.742. The monoisotopic (exact) mass is 205 g/mol. The molecule has 2 atom stereocenters. The Balaban J connectivity index is 2.09. The summed E-state index contributed by atoms with van der Waals surface area (Å²) >= 11 is 0. The fourth-order valence-electron chi connectivity index (χ4n) is 1.73. The van der Waals surface area contributed by atoms with Gasteiger partial charge in [0.2, 0.25) is 0 Å². The highest BCUT2D eigenvalue weighted by Crippen LogP contribution is 2.21. The number of amides is 1. The lowest BCUT2D eigenvalue weighted by atomic mass is 10.1. The van der Waals surface area contributed by atoms with E-state index in [9.17, 15) is 4.79 Å². The van der Waals surface area contributed by atoms with Crippen LogP contribution in [0.4, 0.5) is 4.79 Å². The molecule has 0 aromatic heterocycles. The third-order valence-electron chi connectivity index (χ3n) is 2.89. The fraction of sp³-hybridized carbons (Fsp3) is 0.417. The molecule has 1 aromatic rings. The lowest BCUT2D eigenvalue weighted by molar-refractivity contribution is 0.137. The molecule has 80 valence electrons. The van der Waals surface area contributed by atoms with E-state index in [0.29, 0.717) is 6.54 Å². The summed E-state index contributed by atoms with van der Waals surface area (Å²) in [5, 5.41) is 0. The van der Waals surface area contributed by atoms with Gasteiger partial charge in [-0.15, -0.1) is 0 Å². The maximum atomic E-state index is 11.5. The predicted molar refractivity (Wildman–Crippen MR) is 57.4 cm³/mol. The minimum absolute atomic E-state index is 0.0128. The third kappa shape index (κ3) is 1.96. The molecule has 3 nitrogen and oxygen atoms in total. The summed E-state index contributed by atoms with van der Waals surface area (Å²) in [6.07, 6.45) is -0.222.